The van der Waals surface area contributed by atoms with Crippen molar-refractivity contribution in [2.45, 2.75) is 62.3 Å². The predicted molar refractivity (Wildman–Crippen MR) is 84.9 cm³/mol. The molecule has 0 heterocycles. The molecule has 0 aliphatic heterocycles. The molecule has 1 N–H and O–H groups in total. The third-order valence-corrected chi connectivity index (χ3v) is 6.09. The lowest BCUT2D eigenvalue weighted by Gasteiger charge is -2.39. The van der Waals surface area contributed by atoms with Crippen LogP contribution in [-0.4, -0.2) is 23.1 Å². The molecule has 2 saturated carbocycles. The van der Waals surface area contributed by atoms with E-state index in [-0.39, 0.29) is 5.82 Å². The van der Waals surface area contributed by atoms with Gasteiger partial charge in [-0.15, -0.1) is 0 Å². The Labute approximate surface area is 125 Å². The van der Waals surface area contributed by atoms with Gasteiger partial charge in [0.25, 0.3) is 0 Å². The second-order valence-electron chi connectivity index (χ2n) is 6.11. The smallest absolute Gasteiger partial charge is 0.123 e. The zero-order valence-electron chi connectivity index (χ0n) is 12.1. The van der Waals surface area contributed by atoms with E-state index in [1.165, 1.54) is 43.4 Å². The second-order valence-corrected chi connectivity index (χ2v) is 7.63. The van der Waals surface area contributed by atoms with Crippen LogP contribution in [0, 0.1) is 5.82 Å². The van der Waals surface area contributed by atoms with Crippen LogP contribution in [0.1, 0.15) is 50.5 Å². The van der Waals surface area contributed by atoms with Gasteiger partial charge in [0.15, 0.2) is 0 Å². The molecule has 0 spiro atoms. The van der Waals surface area contributed by atoms with Crippen LogP contribution in [0.15, 0.2) is 24.3 Å². The van der Waals surface area contributed by atoms with E-state index in [1.54, 1.807) is 12.1 Å². The molecule has 2 atom stereocenters. The summed E-state index contributed by atoms with van der Waals surface area (Å²) < 4.78 is 12.9. The second kappa shape index (κ2) is 6.48. The summed E-state index contributed by atoms with van der Waals surface area (Å²) in [5.74, 6) is 1.73. The molecule has 110 valence electrons. The molecule has 0 saturated heterocycles. The highest BCUT2D eigenvalue weighted by Gasteiger charge is 2.35. The van der Waals surface area contributed by atoms with E-state index in [2.05, 4.69) is 24.0 Å². The van der Waals surface area contributed by atoms with Crippen molar-refractivity contribution < 1.29 is 4.39 Å². The van der Waals surface area contributed by atoms with Gasteiger partial charge >= 0.3 is 0 Å². The Balaban J connectivity index is 1.47. The maximum absolute atomic E-state index is 12.9. The minimum absolute atomic E-state index is 0.131. The lowest BCUT2D eigenvalue weighted by Crippen LogP contribution is -2.47. The molecule has 3 rings (SSSR count). The third-order valence-electron chi connectivity index (χ3n) is 4.76. The van der Waals surface area contributed by atoms with Gasteiger partial charge in [0.05, 0.1) is 0 Å². The lowest BCUT2D eigenvalue weighted by molar-refractivity contribution is 0.266. The van der Waals surface area contributed by atoms with Crippen molar-refractivity contribution in [1.82, 2.24) is 5.32 Å². The Morgan fingerprint density at radius 2 is 1.95 bits per heavy atom. The van der Waals surface area contributed by atoms with Crippen molar-refractivity contribution in [3.8, 4) is 0 Å². The maximum atomic E-state index is 12.9. The van der Waals surface area contributed by atoms with Gasteiger partial charge in [-0.25, -0.2) is 4.39 Å². The van der Waals surface area contributed by atoms with Crippen molar-refractivity contribution in [3.63, 3.8) is 0 Å². The van der Waals surface area contributed by atoms with E-state index in [0.717, 1.165) is 11.3 Å². The lowest BCUT2D eigenvalue weighted by atomic mass is 9.75. The van der Waals surface area contributed by atoms with Crippen molar-refractivity contribution in [2.75, 3.05) is 5.75 Å². The number of hydrogen-bond donors (Lipinski definition) is 1. The summed E-state index contributed by atoms with van der Waals surface area (Å²) in [6.07, 6.45) is 6.53. The first-order valence-electron chi connectivity index (χ1n) is 7.89. The van der Waals surface area contributed by atoms with Gasteiger partial charge in [0, 0.05) is 17.3 Å². The predicted octanol–water partition coefficient (Wildman–Crippen LogP) is 4.34. The zero-order valence-corrected chi connectivity index (χ0v) is 13.0. The quantitative estimate of drug-likeness (QED) is 0.867. The van der Waals surface area contributed by atoms with E-state index >= 15 is 0 Å². The molecule has 0 aromatic heterocycles. The Morgan fingerprint density at radius 3 is 2.65 bits per heavy atom. The minimum Gasteiger partial charge on any atom is -0.310 e. The molecule has 2 aliphatic carbocycles. The number of halogens is 1. The molecule has 1 nitrogen and oxygen atoms in total. The molecule has 0 amide bonds. The number of hydrogen-bond acceptors (Lipinski definition) is 2. The molecule has 2 aliphatic rings. The fourth-order valence-corrected chi connectivity index (χ4v) is 4.80. The summed E-state index contributed by atoms with van der Waals surface area (Å²) in [5, 5.41) is 4.69. The van der Waals surface area contributed by atoms with Crippen LogP contribution >= 0.6 is 11.8 Å². The van der Waals surface area contributed by atoms with Crippen LogP contribution < -0.4 is 5.32 Å². The zero-order chi connectivity index (χ0) is 13.9. The Hall–Kier alpha value is -0.540. The summed E-state index contributed by atoms with van der Waals surface area (Å²) in [4.78, 5) is 0. The van der Waals surface area contributed by atoms with Gasteiger partial charge in [-0.3, -0.25) is 0 Å². The van der Waals surface area contributed by atoms with Gasteiger partial charge in [-0.2, -0.15) is 11.8 Å². The first-order chi connectivity index (χ1) is 9.76. The fraction of sp³-hybridized carbons (Fsp3) is 0.647. The van der Waals surface area contributed by atoms with Gasteiger partial charge in [-0.1, -0.05) is 25.5 Å². The van der Waals surface area contributed by atoms with E-state index in [0.29, 0.717) is 12.0 Å². The molecule has 3 heteroatoms. The van der Waals surface area contributed by atoms with Gasteiger partial charge in [0.1, 0.15) is 5.82 Å². The SMILES string of the molecule is CCSC1CCCC1NC1CC(c2ccc(F)cc2)C1. The highest BCUT2D eigenvalue weighted by molar-refractivity contribution is 7.99. The molecule has 2 fully saturated rings. The summed E-state index contributed by atoms with van der Waals surface area (Å²) in [7, 11) is 0. The van der Waals surface area contributed by atoms with E-state index < -0.39 is 0 Å². The molecular weight excluding hydrogens is 269 g/mol. The highest BCUT2D eigenvalue weighted by Crippen LogP contribution is 2.39. The first kappa shape index (κ1) is 14.4. The molecule has 1 aromatic rings. The van der Waals surface area contributed by atoms with Crippen LogP contribution in [0.5, 0.6) is 0 Å². The Morgan fingerprint density at radius 1 is 1.20 bits per heavy atom. The van der Waals surface area contributed by atoms with Gasteiger partial charge in [-0.05, 0) is 55.1 Å². The summed E-state index contributed by atoms with van der Waals surface area (Å²) in [6, 6.07) is 8.46. The summed E-state index contributed by atoms with van der Waals surface area (Å²) in [5.41, 5.74) is 1.30. The molecule has 1 aromatic carbocycles. The van der Waals surface area contributed by atoms with E-state index in [9.17, 15) is 4.39 Å². The fourth-order valence-electron chi connectivity index (χ4n) is 3.59. The Kier molecular flexibility index (Phi) is 4.67. The van der Waals surface area contributed by atoms with Crippen LogP contribution in [-0.2, 0) is 0 Å². The van der Waals surface area contributed by atoms with E-state index in [1.807, 2.05) is 12.1 Å². The third kappa shape index (κ3) is 3.20. The van der Waals surface area contributed by atoms with Gasteiger partial charge in [0.2, 0.25) is 0 Å². The van der Waals surface area contributed by atoms with E-state index in [4.69, 9.17) is 0 Å². The molecule has 0 bridgehead atoms. The standard InChI is InChI=1S/C17H24FNS/c1-2-20-17-5-3-4-16(17)19-15-10-13(11-15)12-6-8-14(18)9-7-12/h6-9,13,15-17,19H,2-5,10-11H2,1H3. The molecule has 0 radical (unpaired) electrons. The summed E-state index contributed by atoms with van der Waals surface area (Å²) in [6.45, 7) is 2.26. The minimum atomic E-state index is -0.131. The maximum Gasteiger partial charge on any atom is 0.123 e. The topological polar surface area (TPSA) is 12.0 Å². The van der Waals surface area contributed by atoms with Crippen LogP contribution in [0.3, 0.4) is 0 Å². The number of thioether (sulfide) groups is 1. The number of rotatable bonds is 5. The largest absolute Gasteiger partial charge is 0.310 e. The number of benzene rings is 1. The summed E-state index contributed by atoms with van der Waals surface area (Å²) >= 11 is 2.12. The first-order valence-corrected chi connectivity index (χ1v) is 8.94. The van der Waals surface area contributed by atoms with Crippen LogP contribution in [0.25, 0.3) is 0 Å². The highest BCUT2D eigenvalue weighted by atomic mass is 32.2. The van der Waals surface area contributed by atoms with Crippen molar-refractivity contribution in [1.29, 1.82) is 0 Å². The van der Waals surface area contributed by atoms with Crippen molar-refractivity contribution >= 4 is 11.8 Å². The van der Waals surface area contributed by atoms with Crippen molar-refractivity contribution in [3.05, 3.63) is 35.6 Å². The van der Waals surface area contributed by atoms with Crippen LogP contribution in [0.2, 0.25) is 0 Å². The van der Waals surface area contributed by atoms with Crippen molar-refractivity contribution in [2.24, 2.45) is 0 Å². The van der Waals surface area contributed by atoms with Crippen LogP contribution in [0.4, 0.5) is 4.39 Å². The average Bonchev–Trinajstić information content (AvgIpc) is 2.83. The molecule has 20 heavy (non-hydrogen) atoms. The van der Waals surface area contributed by atoms with Gasteiger partial charge < -0.3 is 5.32 Å². The molecule has 2 unspecified atom stereocenters. The Bertz CT molecular complexity index is 427. The molecular formula is C17H24FNS. The average molecular weight is 293 g/mol. The normalized spacial score (nSPS) is 33.1. The monoisotopic (exact) mass is 293 g/mol. The number of nitrogens with one attached hydrogen (secondary N) is 1.